The van der Waals surface area contributed by atoms with E-state index in [1.54, 1.807) is 15.9 Å². The van der Waals surface area contributed by atoms with E-state index in [2.05, 4.69) is 24.7 Å². The van der Waals surface area contributed by atoms with Crippen LogP contribution >= 0.6 is 10.6 Å². The van der Waals surface area contributed by atoms with Gasteiger partial charge in [0.1, 0.15) is 0 Å². The first-order chi connectivity index (χ1) is 2.00. The van der Waals surface area contributed by atoms with Crippen LogP contribution in [-0.4, -0.2) is 0 Å². The Morgan fingerprint density at radius 1 is 1.50 bits per heavy atom. The van der Waals surface area contributed by atoms with Gasteiger partial charge in [0.25, 0.3) is 0 Å². The molecule has 0 spiro atoms. The number of hydrogen-bond acceptors (Lipinski definition) is 2. The van der Waals surface area contributed by atoms with Crippen molar-refractivity contribution in [1.29, 1.82) is 0 Å². The topological polar surface area (TPSA) is 17.1 Å². The Morgan fingerprint density at radius 2 is 1.50 bits per heavy atom. The van der Waals surface area contributed by atoms with Crippen molar-refractivity contribution in [1.82, 2.24) is 0 Å². The Bertz CT molecular complexity index is 10.0. The number of rotatable bonds is 0. The Morgan fingerprint density at radius 3 is 1.50 bits per heavy atom. The third kappa shape index (κ3) is 11.7. The molecule has 28 valence electrons. The third-order valence-electron chi connectivity index (χ3n) is 0. The Balaban J connectivity index is 0. The van der Waals surface area contributed by atoms with Crippen molar-refractivity contribution in [3.8, 4) is 0 Å². The normalized spacial score (nSPS) is 2.25. The maximum atomic E-state index is 8.06. The molecule has 0 fully saturated rings. The molecule has 0 radical (unpaired) electrons. The van der Waals surface area contributed by atoms with Crippen molar-refractivity contribution in [2.75, 3.05) is 0 Å². The first-order valence-electron chi connectivity index (χ1n) is 0.290. The molecule has 0 aromatic rings. The van der Waals surface area contributed by atoms with E-state index >= 15 is 0 Å². The summed E-state index contributed by atoms with van der Waals surface area (Å²) in [5.41, 5.74) is 0. The summed E-state index contributed by atoms with van der Waals surface area (Å²) in [6, 6.07) is 0. The molecule has 1 nitrogen and oxygen atoms in total. The van der Waals surface area contributed by atoms with Crippen LogP contribution in [0.25, 0.3) is 0 Å². The van der Waals surface area contributed by atoms with Gasteiger partial charge >= 0.3 is 44.5 Å². The molecule has 0 saturated heterocycles. The maximum absolute atomic E-state index is 8.06. The van der Waals surface area contributed by atoms with Gasteiger partial charge in [-0.1, -0.05) is 0 Å². The van der Waals surface area contributed by atoms with E-state index in [9.17, 15) is 0 Å². The standard InChI is InChI=1S/Co.Mn.O.S. The van der Waals surface area contributed by atoms with Crippen LogP contribution in [0.1, 0.15) is 0 Å². The monoisotopic (exact) mass is 162 g/mol. The summed E-state index contributed by atoms with van der Waals surface area (Å²) in [7, 11) is 3.77. The molecule has 0 bridgehead atoms. The van der Waals surface area contributed by atoms with Crippen molar-refractivity contribution in [3.05, 3.63) is 0 Å². The minimum atomic E-state index is 1.69. The average Bonchev–Trinajstić information content (AvgIpc) is 1.50. The summed E-state index contributed by atoms with van der Waals surface area (Å²) in [5, 5.41) is 0. The van der Waals surface area contributed by atoms with Crippen LogP contribution in [0.3, 0.4) is 0 Å². The summed E-state index contributed by atoms with van der Waals surface area (Å²) in [6.07, 6.45) is 0. The fourth-order valence-electron chi connectivity index (χ4n) is 0. The zero-order chi connectivity index (χ0) is 4.00. The summed E-state index contributed by atoms with van der Waals surface area (Å²) in [5.74, 6) is 0. The Labute approximate surface area is 44.6 Å². The third-order valence-corrected chi connectivity index (χ3v) is 0. The summed E-state index contributed by atoms with van der Waals surface area (Å²) >= 11 is 4.83. The molecule has 0 aliphatic carbocycles. The molecular formula is CoMnOS. The van der Waals surface area contributed by atoms with Crippen LogP contribution in [0.5, 0.6) is 0 Å². The van der Waals surface area contributed by atoms with Gasteiger partial charge < -0.3 is 0 Å². The summed E-state index contributed by atoms with van der Waals surface area (Å²) < 4.78 is 8.06. The molecular weight excluding hydrogens is 162 g/mol. The van der Waals surface area contributed by atoms with Gasteiger partial charge in [0, 0.05) is 0 Å². The molecule has 0 atom stereocenters. The fourth-order valence-corrected chi connectivity index (χ4v) is 0. The summed E-state index contributed by atoms with van der Waals surface area (Å²) in [6.45, 7) is 0. The molecule has 0 aromatic heterocycles. The second-order valence-corrected chi connectivity index (χ2v) is 0. The fraction of sp³-hybridized carbons (Fsp3) is 0. The molecule has 0 saturated carbocycles. The van der Waals surface area contributed by atoms with Crippen molar-refractivity contribution in [2.24, 2.45) is 0 Å². The average molecular weight is 162 g/mol. The van der Waals surface area contributed by atoms with E-state index < -0.39 is 0 Å². The molecule has 0 unspecified atom stereocenters. The Kier molecular flexibility index (Phi) is 76.4. The first-order valence-corrected chi connectivity index (χ1v) is 2.32. The van der Waals surface area contributed by atoms with E-state index in [0.29, 0.717) is 0 Å². The van der Waals surface area contributed by atoms with Crippen molar-refractivity contribution in [3.63, 3.8) is 0 Å². The van der Waals surface area contributed by atoms with Gasteiger partial charge in [-0.2, -0.15) is 0 Å². The predicted octanol–water partition coefficient (Wildman–Crippen LogP) is 0.524. The SMILES string of the molecule is [O]=[Mn].[S]=[Co]. The van der Waals surface area contributed by atoms with Crippen molar-refractivity contribution in [2.45, 2.75) is 0 Å². The van der Waals surface area contributed by atoms with Crippen molar-refractivity contribution < 1.29 is 33.9 Å². The summed E-state index contributed by atoms with van der Waals surface area (Å²) in [4.78, 5) is 0. The zero-order valence-electron chi connectivity index (χ0n) is 1.53. The van der Waals surface area contributed by atoms with E-state index in [4.69, 9.17) is 3.83 Å². The molecule has 4 heavy (non-hydrogen) atoms. The first kappa shape index (κ1) is 8.90. The molecule has 0 amide bonds. The van der Waals surface area contributed by atoms with Crippen LogP contribution < -0.4 is 0 Å². The van der Waals surface area contributed by atoms with Crippen LogP contribution in [0.15, 0.2) is 0 Å². The van der Waals surface area contributed by atoms with Gasteiger partial charge in [0.15, 0.2) is 0 Å². The van der Waals surface area contributed by atoms with Crippen molar-refractivity contribution >= 4 is 10.6 Å². The second kappa shape index (κ2) is 34.3. The van der Waals surface area contributed by atoms with Crippen LogP contribution in [0.4, 0.5) is 0 Å². The molecule has 0 aromatic carbocycles. The molecule has 0 N–H and O–H groups in total. The molecule has 0 rings (SSSR count). The van der Waals surface area contributed by atoms with Gasteiger partial charge in [0.05, 0.1) is 0 Å². The van der Waals surface area contributed by atoms with Gasteiger partial charge in [-0.25, -0.2) is 0 Å². The molecule has 0 aliphatic rings. The van der Waals surface area contributed by atoms with Gasteiger partial charge in [-0.05, 0) is 0 Å². The zero-order valence-corrected chi connectivity index (χ0v) is 4.57. The van der Waals surface area contributed by atoms with Crippen LogP contribution in [0, 0.1) is 0 Å². The second-order valence-electron chi connectivity index (χ2n) is 0. The number of hydrogen-bond donors (Lipinski definition) is 0. The van der Waals surface area contributed by atoms with Gasteiger partial charge in [-0.15, -0.1) is 0 Å². The minimum absolute atomic E-state index is 1.69. The van der Waals surface area contributed by atoms with Gasteiger partial charge in [0.2, 0.25) is 0 Å². The van der Waals surface area contributed by atoms with E-state index in [1.165, 1.54) is 0 Å². The Hall–Kier alpha value is 1.05. The van der Waals surface area contributed by atoms with E-state index in [1.807, 2.05) is 0 Å². The van der Waals surface area contributed by atoms with E-state index in [-0.39, 0.29) is 0 Å². The quantitative estimate of drug-likeness (QED) is 0.483. The van der Waals surface area contributed by atoms with Gasteiger partial charge in [-0.3, -0.25) is 0 Å². The molecule has 4 heteroatoms. The van der Waals surface area contributed by atoms with Crippen LogP contribution in [0.2, 0.25) is 0 Å². The molecule has 0 aliphatic heterocycles. The molecule has 0 heterocycles. The van der Waals surface area contributed by atoms with Crippen LogP contribution in [-0.2, 0) is 33.9 Å². The predicted molar refractivity (Wildman–Crippen MR) is 8.28 cm³/mol. The van der Waals surface area contributed by atoms with E-state index in [0.717, 1.165) is 0 Å².